The summed E-state index contributed by atoms with van der Waals surface area (Å²) < 4.78 is 5.32. The summed E-state index contributed by atoms with van der Waals surface area (Å²) in [5.41, 5.74) is 5.76. The maximum absolute atomic E-state index is 11.8. The molecule has 1 atom stereocenters. The van der Waals surface area contributed by atoms with Crippen molar-refractivity contribution >= 4 is 6.09 Å². The summed E-state index contributed by atoms with van der Waals surface area (Å²) in [7, 11) is 1.76. The van der Waals surface area contributed by atoms with E-state index < -0.39 is 5.60 Å². The number of carbonyl (C=O) groups is 1. The highest BCUT2D eigenvalue weighted by molar-refractivity contribution is 5.67. The van der Waals surface area contributed by atoms with E-state index in [0.29, 0.717) is 12.5 Å². The minimum absolute atomic E-state index is 0.0721. The van der Waals surface area contributed by atoms with Crippen LogP contribution in [0.5, 0.6) is 0 Å². The highest BCUT2D eigenvalue weighted by Gasteiger charge is 2.25. The molecule has 1 aliphatic carbocycles. The average Bonchev–Trinajstić information content (AvgIpc) is 2.27. The van der Waals surface area contributed by atoms with Crippen LogP contribution in [-0.4, -0.2) is 36.2 Å². The average molecular weight is 256 g/mol. The van der Waals surface area contributed by atoms with Crippen LogP contribution in [0.3, 0.4) is 0 Å². The highest BCUT2D eigenvalue weighted by Crippen LogP contribution is 2.26. The Morgan fingerprint density at radius 2 is 1.89 bits per heavy atom. The van der Waals surface area contributed by atoms with Crippen molar-refractivity contribution in [1.29, 1.82) is 0 Å². The molecular formula is C14H28N2O2. The van der Waals surface area contributed by atoms with Crippen LogP contribution in [0.15, 0.2) is 0 Å². The third-order valence-corrected chi connectivity index (χ3v) is 3.45. The van der Waals surface area contributed by atoms with Crippen LogP contribution >= 0.6 is 0 Å². The molecule has 0 aliphatic heterocycles. The van der Waals surface area contributed by atoms with E-state index in [2.05, 4.69) is 0 Å². The summed E-state index contributed by atoms with van der Waals surface area (Å²) >= 11 is 0. The number of carbonyl (C=O) groups excluding carboxylic acids is 1. The standard InChI is InChI=1S/C14H28N2O2/c1-14(2,3)18-13(17)16(4)10-12(15)11-8-6-5-7-9-11/h11-12H,5-10,15H2,1-4H3. The van der Waals surface area contributed by atoms with Gasteiger partial charge >= 0.3 is 6.09 Å². The van der Waals surface area contributed by atoms with Crippen molar-refractivity contribution in [2.24, 2.45) is 11.7 Å². The molecule has 1 fully saturated rings. The third-order valence-electron chi connectivity index (χ3n) is 3.45. The van der Waals surface area contributed by atoms with Crippen molar-refractivity contribution in [3.8, 4) is 0 Å². The Morgan fingerprint density at radius 1 is 1.33 bits per heavy atom. The van der Waals surface area contributed by atoms with Gasteiger partial charge in [-0.05, 0) is 39.5 Å². The lowest BCUT2D eigenvalue weighted by Gasteiger charge is -2.31. The number of ether oxygens (including phenoxy) is 1. The number of hydrogen-bond donors (Lipinski definition) is 1. The molecule has 2 N–H and O–H groups in total. The summed E-state index contributed by atoms with van der Waals surface area (Å²) in [5.74, 6) is 0.559. The van der Waals surface area contributed by atoms with Crippen LogP contribution in [0.25, 0.3) is 0 Å². The molecule has 1 amide bonds. The summed E-state index contributed by atoms with van der Waals surface area (Å²) in [6.07, 6.45) is 5.98. The van der Waals surface area contributed by atoms with Gasteiger partial charge in [0.1, 0.15) is 5.60 Å². The zero-order valence-corrected chi connectivity index (χ0v) is 12.2. The van der Waals surface area contributed by atoms with Crippen LogP contribution in [-0.2, 0) is 4.74 Å². The van der Waals surface area contributed by atoms with Gasteiger partial charge in [0.2, 0.25) is 0 Å². The first kappa shape index (κ1) is 15.3. The molecule has 0 aromatic heterocycles. The molecule has 4 heteroatoms. The summed E-state index contributed by atoms with van der Waals surface area (Å²) in [6.45, 7) is 6.21. The molecule has 1 saturated carbocycles. The van der Waals surface area contributed by atoms with Crippen LogP contribution in [0.1, 0.15) is 52.9 Å². The van der Waals surface area contributed by atoms with Gasteiger partial charge in [-0.3, -0.25) is 0 Å². The van der Waals surface area contributed by atoms with E-state index >= 15 is 0 Å². The predicted molar refractivity (Wildman–Crippen MR) is 73.4 cm³/mol. The smallest absolute Gasteiger partial charge is 0.410 e. The van der Waals surface area contributed by atoms with E-state index in [1.807, 2.05) is 20.8 Å². The van der Waals surface area contributed by atoms with Crippen molar-refractivity contribution in [2.45, 2.75) is 64.5 Å². The van der Waals surface area contributed by atoms with E-state index in [1.54, 1.807) is 11.9 Å². The normalized spacial score (nSPS) is 19.4. The molecule has 18 heavy (non-hydrogen) atoms. The second kappa shape index (κ2) is 6.41. The second-order valence-electron chi connectivity index (χ2n) is 6.42. The van der Waals surface area contributed by atoms with Gasteiger partial charge in [-0.2, -0.15) is 0 Å². The maximum Gasteiger partial charge on any atom is 0.410 e. The van der Waals surface area contributed by atoms with E-state index in [4.69, 9.17) is 10.5 Å². The van der Waals surface area contributed by atoms with Crippen molar-refractivity contribution in [1.82, 2.24) is 4.90 Å². The molecule has 106 valence electrons. The van der Waals surface area contributed by atoms with Crippen molar-refractivity contribution in [2.75, 3.05) is 13.6 Å². The maximum atomic E-state index is 11.8. The first-order valence-corrected chi connectivity index (χ1v) is 6.99. The van der Waals surface area contributed by atoms with E-state index in [1.165, 1.54) is 32.1 Å². The number of nitrogens with two attached hydrogens (primary N) is 1. The number of likely N-dealkylation sites (N-methyl/N-ethyl adjacent to an activating group) is 1. The zero-order valence-electron chi connectivity index (χ0n) is 12.2. The fraction of sp³-hybridized carbons (Fsp3) is 0.929. The lowest BCUT2D eigenvalue weighted by molar-refractivity contribution is 0.0275. The lowest BCUT2D eigenvalue weighted by Crippen LogP contribution is -2.45. The fourth-order valence-electron chi connectivity index (χ4n) is 2.44. The number of nitrogens with zero attached hydrogens (tertiary/aromatic N) is 1. The minimum atomic E-state index is -0.444. The zero-order chi connectivity index (χ0) is 13.8. The van der Waals surface area contributed by atoms with Crippen molar-refractivity contribution in [3.63, 3.8) is 0 Å². The van der Waals surface area contributed by atoms with E-state index in [9.17, 15) is 4.79 Å². The molecule has 0 spiro atoms. The van der Waals surface area contributed by atoms with Crippen LogP contribution in [0.2, 0.25) is 0 Å². The van der Waals surface area contributed by atoms with Crippen LogP contribution in [0.4, 0.5) is 4.79 Å². The molecule has 0 aromatic carbocycles. The Labute approximate surface area is 111 Å². The third kappa shape index (κ3) is 5.25. The van der Waals surface area contributed by atoms with Crippen molar-refractivity contribution < 1.29 is 9.53 Å². The topological polar surface area (TPSA) is 55.6 Å². The van der Waals surface area contributed by atoms with Crippen LogP contribution in [0, 0.1) is 5.92 Å². The van der Waals surface area contributed by atoms with E-state index in [0.717, 1.165) is 0 Å². The van der Waals surface area contributed by atoms with E-state index in [-0.39, 0.29) is 12.1 Å². The lowest BCUT2D eigenvalue weighted by atomic mass is 9.84. The molecule has 1 aliphatic rings. The molecule has 1 unspecified atom stereocenters. The molecule has 0 bridgehead atoms. The summed E-state index contributed by atoms with van der Waals surface area (Å²) in [5, 5.41) is 0. The molecule has 1 rings (SSSR count). The molecule has 0 saturated heterocycles. The Morgan fingerprint density at radius 3 is 2.39 bits per heavy atom. The predicted octanol–water partition coefficient (Wildman–Crippen LogP) is 2.76. The highest BCUT2D eigenvalue weighted by atomic mass is 16.6. The van der Waals surface area contributed by atoms with Gasteiger partial charge in [-0.1, -0.05) is 19.3 Å². The van der Waals surface area contributed by atoms with Gasteiger partial charge in [0.15, 0.2) is 0 Å². The van der Waals surface area contributed by atoms with Gasteiger partial charge in [0, 0.05) is 19.6 Å². The quantitative estimate of drug-likeness (QED) is 0.844. The monoisotopic (exact) mass is 256 g/mol. The Kier molecular flexibility index (Phi) is 5.45. The molecule has 0 aromatic rings. The SMILES string of the molecule is CN(CC(N)C1CCCCC1)C(=O)OC(C)(C)C. The van der Waals surface area contributed by atoms with Gasteiger partial charge in [-0.25, -0.2) is 4.79 Å². The van der Waals surface area contributed by atoms with Crippen LogP contribution < -0.4 is 5.73 Å². The Hall–Kier alpha value is -0.770. The Bertz CT molecular complexity index is 267. The number of amides is 1. The second-order valence-corrected chi connectivity index (χ2v) is 6.42. The fourth-order valence-corrected chi connectivity index (χ4v) is 2.44. The minimum Gasteiger partial charge on any atom is -0.444 e. The molecule has 0 radical (unpaired) electrons. The number of hydrogen-bond acceptors (Lipinski definition) is 3. The molecule has 0 heterocycles. The van der Waals surface area contributed by atoms with Gasteiger partial charge in [-0.15, -0.1) is 0 Å². The molecular weight excluding hydrogens is 228 g/mol. The van der Waals surface area contributed by atoms with Gasteiger partial charge < -0.3 is 15.4 Å². The summed E-state index contributed by atoms with van der Waals surface area (Å²) in [6, 6.07) is 0.0721. The van der Waals surface area contributed by atoms with Gasteiger partial charge in [0.05, 0.1) is 0 Å². The molecule has 4 nitrogen and oxygen atoms in total. The number of rotatable bonds is 3. The largest absolute Gasteiger partial charge is 0.444 e. The first-order chi connectivity index (χ1) is 8.29. The van der Waals surface area contributed by atoms with Gasteiger partial charge in [0.25, 0.3) is 0 Å². The Balaban J connectivity index is 2.38. The van der Waals surface area contributed by atoms with Crippen molar-refractivity contribution in [3.05, 3.63) is 0 Å². The summed E-state index contributed by atoms with van der Waals surface area (Å²) in [4.78, 5) is 13.4. The first-order valence-electron chi connectivity index (χ1n) is 6.99.